The molecule has 1 N–H and O–H groups in total. The molecule has 0 bridgehead atoms. The minimum atomic E-state index is -0.184. The Kier molecular flexibility index (Phi) is 3.87. The minimum absolute atomic E-state index is 0. The number of hydrogen-bond donors (Lipinski definition) is 1. The Morgan fingerprint density at radius 2 is 1.84 bits per heavy atom. The minimum Gasteiger partial charge on any atom is -0.454 e. The molecule has 0 saturated heterocycles. The molecule has 1 aliphatic heterocycles. The number of carbonyl (C=O) groups excluding carboxylic acids is 1. The van der Waals surface area contributed by atoms with Gasteiger partial charge in [0, 0.05) is 29.7 Å². The van der Waals surface area contributed by atoms with Crippen molar-refractivity contribution in [3.05, 3.63) is 48.3 Å². The van der Waals surface area contributed by atoms with Gasteiger partial charge in [-0.25, -0.2) is 0 Å². The van der Waals surface area contributed by atoms with Gasteiger partial charge >= 0.3 is 0 Å². The lowest BCUT2D eigenvalue weighted by molar-refractivity contribution is 0.102. The molecule has 1 aliphatic rings. The summed E-state index contributed by atoms with van der Waals surface area (Å²) in [7, 11) is 0. The Labute approximate surface area is 116 Å². The molecule has 0 aliphatic carbocycles. The van der Waals surface area contributed by atoms with E-state index in [4.69, 9.17) is 9.47 Å². The van der Waals surface area contributed by atoms with Gasteiger partial charge < -0.3 is 14.8 Å². The second-order valence-corrected chi connectivity index (χ2v) is 3.76. The number of anilines is 1. The summed E-state index contributed by atoms with van der Waals surface area (Å²) < 4.78 is 10.4. The van der Waals surface area contributed by atoms with Crippen molar-refractivity contribution in [2.75, 3.05) is 12.1 Å². The van der Waals surface area contributed by atoms with Gasteiger partial charge in [0.2, 0.25) is 6.79 Å². The molecule has 1 amide bonds. The Morgan fingerprint density at radius 1 is 1.11 bits per heavy atom. The van der Waals surface area contributed by atoms with Gasteiger partial charge in [0.25, 0.3) is 5.91 Å². The first-order valence-corrected chi connectivity index (χ1v) is 5.44. The highest BCUT2D eigenvalue weighted by atomic mass is 35.5. The van der Waals surface area contributed by atoms with Gasteiger partial charge in [-0.15, -0.1) is 12.4 Å². The number of carbonyl (C=O) groups is 1. The molecule has 0 spiro atoms. The van der Waals surface area contributed by atoms with E-state index in [-0.39, 0.29) is 25.1 Å². The van der Waals surface area contributed by atoms with Crippen LogP contribution in [-0.2, 0) is 0 Å². The van der Waals surface area contributed by atoms with Gasteiger partial charge in [0.1, 0.15) is 0 Å². The molecule has 1 aromatic heterocycles. The number of aromatic nitrogens is 1. The van der Waals surface area contributed by atoms with Crippen molar-refractivity contribution in [3.63, 3.8) is 0 Å². The molecule has 2 aromatic rings. The van der Waals surface area contributed by atoms with E-state index in [1.807, 2.05) is 0 Å². The van der Waals surface area contributed by atoms with Crippen LogP contribution in [0.25, 0.3) is 0 Å². The van der Waals surface area contributed by atoms with Crippen molar-refractivity contribution < 1.29 is 14.3 Å². The van der Waals surface area contributed by atoms with Crippen molar-refractivity contribution in [2.24, 2.45) is 0 Å². The zero-order chi connectivity index (χ0) is 12.4. The first kappa shape index (κ1) is 13.2. The number of ether oxygens (including phenoxy) is 2. The maximum atomic E-state index is 11.9. The summed E-state index contributed by atoms with van der Waals surface area (Å²) >= 11 is 0. The number of fused-ring (bicyclic) bond motifs is 1. The monoisotopic (exact) mass is 278 g/mol. The normalized spacial score (nSPS) is 11.6. The van der Waals surface area contributed by atoms with E-state index >= 15 is 0 Å². The Morgan fingerprint density at radius 3 is 2.63 bits per heavy atom. The fourth-order valence-electron chi connectivity index (χ4n) is 1.68. The molecule has 1 aromatic carbocycles. The molecule has 0 fully saturated rings. The third-order valence-corrected chi connectivity index (χ3v) is 2.57. The van der Waals surface area contributed by atoms with Crippen LogP contribution in [0, 0.1) is 0 Å². The molecule has 6 heteroatoms. The van der Waals surface area contributed by atoms with Crippen LogP contribution in [0.2, 0.25) is 0 Å². The highest BCUT2D eigenvalue weighted by Crippen LogP contribution is 2.34. The highest BCUT2D eigenvalue weighted by molar-refractivity contribution is 6.04. The maximum Gasteiger partial charge on any atom is 0.255 e. The van der Waals surface area contributed by atoms with Crippen LogP contribution in [0.5, 0.6) is 11.5 Å². The van der Waals surface area contributed by atoms with Crippen LogP contribution in [0.15, 0.2) is 42.7 Å². The van der Waals surface area contributed by atoms with Crippen LogP contribution in [0.1, 0.15) is 10.4 Å². The average molecular weight is 279 g/mol. The third kappa shape index (κ3) is 2.77. The van der Waals surface area contributed by atoms with Crippen molar-refractivity contribution in [1.82, 2.24) is 4.98 Å². The van der Waals surface area contributed by atoms with Crippen molar-refractivity contribution >= 4 is 24.0 Å². The van der Waals surface area contributed by atoms with Crippen LogP contribution >= 0.6 is 12.4 Å². The standard InChI is InChI=1S/C13H10N2O3.ClH/c16-13(9-3-5-14-6-4-9)15-10-1-2-11-12(7-10)18-8-17-11;/h1-7H,8H2,(H,15,16);1H. The first-order valence-electron chi connectivity index (χ1n) is 5.44. The fraction of sp³-hybridized carbons (Fsp3) is 0.0769. The quantitative estimate of drug-likeness (QED) is 0.917. The molecule has 0 atom stereocenters. The molecule has 5 nitrogen and oxygen atoms in total. The number of nitrogens with zero attached hydrogens (tertiary/aromatic N) is 1. The Bertz CT molecular complexity index is 590. The SMILES string of the molecule is Cl.O=C(Nc1ccc2c(c1)OCO2)c1ccncc1. The summed E-state index contributed by atoms with van der Waals surface area (Å²) in [5.74, 6) is 1.15. The lowest BCUT2D eigenvalue weighted by atomic mass is 10.2. The van der Waals surface area contributed by atoms with Gasteiger partial charge in [0.15, 0.2) is 11.5 Å². The largest absolute Gasteiger partial charge is 0.454 e. The summed E-state index contributed by atoms with van der Waals surface area (Å²) in [4.78, 5) is 15.8. The van der Waals surface area contributed by atoms with Gasteiger partial charge in [-0.3, -0.25) is 9.78 Å². The van der Waals surface area contributed by atoms with Crippen LogP contribution in [0.4, 0.5) is 5.69 Å². The molecule has 0 saturated carbocycles. The van der Waals surface area contributed by atoms with E-state index < -0.39 is 0 Å². The molecular formula is C13H11ClN2O3. The zero-order valence-electron chi connectivity index (χ0n) is 9.83. The van der Waals surface area contributed by atoms with Crippen LogP contribution < -0.4 is 14.8 Å². The van der Waals surface area contributed by atoms with Crippen LogP contribution in [-0.4, -0.2) is 17.7 Å². The lowest BCUT2D eigenvalue weighted by Crippen LogP contribution is -2.11. The summed E-state index contributed by atoms with van der Waals surface area (Å²) in [5.41, 5.74) is 1.23. The molecule has 98 valence electrons. The summed E-state index contributed by atoms with van der Waals surface area (Å²) in [6, 6.07) is 8.59. The Balaban J connectivity index is 0.00000133. The van der Waals surface area contributed by atoms with Crippen molar-refractivity contribution in [3.8, 4) is 11.5 Å². The smallest absolute Gasteiger partial charge is 0.255 e. The first-order chi connectivity index (χ1) is 8.83. The topological polar surface area (TPSA) is 60.5 Å². The van der Waals surface area contributed by atoms with Crippen molar-refractivity contribution in [2.45, 2.75) is 0 Å². The van der Waals surface area contributed by atoms with E-state index in [1.54, 1.807) is 42.7 Å². The van der Waals surface area contributed by atoms with E-state index in [9.17, 15) is 4.79 Å². The van der Waals surface area contributed by atoms with E-state index in [0.717, 1.165) is 0 Å². The summed E-state index contributed by atoms with van der Waals surface area (Å²) in [6.07, 6.45) is 3.16. The number of nitrogens with one attached hydrogen (secondary N) is 1. The second-order valence-electron chi connectivity index (χ2n) is 3.76. The third-order valence-electron chi connectivity index (χ3n) is 2.57. The highest BCUT2D eigenvalue weighted by Gasteiger charge is 2.14. The van der Waals surface area contributed by atoms with Gasteiger partial charge in [-0.05, 0) is 24.3 Å². The lowest BCUT2D eigenvalue weighted by Gasteiger charge is -2.05. The van der Waals surface area contributed by atoms with Gasteiger partial charge in [0.05, 0.1) is 0 Å². The average Bonchev–Trinajstić information content (AvgIpc) is 2.87. The predicted octanol–water partition coefficient (Wildman–Crippen LogP) is 2.48. The number of amides is 1. The van der Waals surface area contributed by atoms with Crippen LogP contribution in [0.3, 0.4) is 0 Å². The fourth-order valence-corrected chi connectivity index (χ4v) is 1.68. The molecular weight excluding hydrogens is 268 g/mol. The Hall–Kier alpha value is -2.27. The maximum absolute atomic E-state index is 11.9. The number of pyridine rings is 1. The number of rotatable bonds is 2. The number of hydrogen-bond acceptors (Lipinski definition) is 4. The molecule has 19 heavy (non-hydrogen) atoms. The van der Waals surface area contributed by atoms with E-state index in [0.29, 0.717) is 22.7 Å². The summed E-state index contributed by atoms with van der Waals surface area (Å²) in [5, 5.41) is 2.79. The van der Waals surface area contributed by atoms with Gasteiger partial charge in [-0.2, -0.15) is 0 Å². The summed E-state index contributed by atoms with van der Waals surface area (Å²) in [6.45, 7) is 0.219. The van der Waals surface area contributed by atoms with Gasteiger partial charge in [-0.1, -0.05) is 0 Å². The predicted molar refractivity (Wildman–Crippen MR) is 72.0 cm³/mol. The number of benzene rings is 1. The molecule has 0 radical (unpaired) electrons. The van der Waals surface area contributed by atoms with E-state index in [1.165, 1.54) is 0 Å². The second kappa shape index (κ2) is 5.58. The van der Waals surface area contributed by atoms with Crippen molar-refractivity contribution in [1.29, 1.82) is 0 Å². The van der Waals surface area contributed by atoms with E-state index in [2.05, 4.69) is 10.3 Å². The number of halogens is 1. The molecule has 0 unspecified atom stereocenters. The molecule has 2 heterocycles. The zero-order valence-corrected chi connectivity index (χ0v) is 10.6. The molecule has 3 rings (SSSR count).